The van der Waals surface area contributed by atoms with Gasteiger partial charge in [-0.15, -0.1) is 0 Å². The number of hydrogen-bond acceptors (Lipinski definition) is 4. The van der Waals surface area contributed by atoms with Crippen LogP contribution in [-0.2, 0) is 26.2 Å². The van der Waals surface area contributed by atoms with Crippen LogP contribution in [0.25, 0.3) is 0 Å². The average molecular weight is 564 g/mol. The van der Waals surface area contributed by atoms with Gasteiger partial charge in [0.2, 0.25) is 11.8 Å². The molecule has 0 aliphatic rings. The SMILES string of the molecule is CCC(C)NC(=O)C(CC)N(Cc1ccccc1C)C(=O)CN(c1ccc(C)c(C)c1)S(=O)(=O)c1ccccc1. The van der Waals surface area contributed by atoms with E-state index in [-0.39, 0.29) is 23.4 Å². The zero-order valence-corrected chi connectivity index (χ0v) is 25.2. The van der Waals surface area contributed by atoms with Crippen LogP contribution >= 0.6 is 0 Å². The molecule has 3 aromatic carbocycles. The highest BCUT2D eigenvalue weighted by atomic mass is 32.2. The molecule has 2 amide bonds. The van der Waals surface area contributed by atoms with Crippen molar-refractivity contribution in [2.45, 2.75) is 77.9 Å². The van der Waals surface area contributed by atoms with Crippen molar-refractivity contribution in [2.24, 2.45) is 0 Å². The van der Waals surface area contributed by atoms with Crippen molar-refractivity contribution < 1.29 is 18.0 Å². The maximum absolute atomic E-state index is 14.2. The summed E-state index contributed by atoms with van der Waals surface area (Å²) in [5.74, 6) is -0.699. The second-order valence-corrected chi connectivity index (χ2v) is 12.1. The number of hydrogen-bond donors (Lipinski definition) is 1. The largest absolute Gasteiger partial charge is 0.352 e. The second-order valence-electron chi connectivity index (χ2n) is 10.3. The minimum atomic E-state index is -4.08. The quantitative estimate of drug-likeness (QED) is 0.314. The number of rotatable bonds is 12. The Labute approximate surface area is 239 Å². The van der Waals surface area contributed by atoms with Crippen LogP contribution < -0.4 is 9.62 Å². The molecule has 3 rings (SSSR count). The summed E-state index contributed by atoms with van der Waals surface area (Å²) in [4.78, 5) is 29.2. The number of amides is 2. The lowest BCUT2D eigenvalue weighted by Crippen LogP contribution is -2.53. The number of carbonyl (C=O) groups excluding carboxylic acids is 2. The number of benzene rings is 3. The molecule has 0 aromatic heterocycles. The predicted molar refractivity (Wildman–Crippen MR) is 161 cm³/mol. The van der Waals surface area contributed by atoms with Crippen molar-refractivity contribution >= 4 is 27.5 Å². The van der Waals surface area contributed by atoms with Gasteiger partial charge in [-0.3, -0.25) is 13.9 Å². The lowest BCUT2D eigenvalue weighted by molar-refractivity contribution is -0.140. The minimum absolute atomic E-state index is 0.0533. The standard InChI is InChI=1S/C32H41N3O4S/c1-7-26(6)33-32(37)30(8-2)34(21-27-15-13-12-14-24(27)4)31(36)22-35(28-19-18-23(3)25(5)20-28)40(38,39)29-16-10-9-11-17-29/h9-20,26,30H,7-8,21-22H2,1-6H3,(H,33,37). The summed E-state index contributed by atoms with van der Waals surface area (Å²) < 4.78 is 29.0. The number of anilines is 1. The molecule has 0 saturated heterocycles. The van der Waals surface area contributed by atoms with Crippen molar-refractivity contribution in [2.75, 3.05) is 10.8 Å². The molecule has 0 aliphatic carbocycles. The molecular weight excluding hydrogens is 522 g/mol. The summed E-state index contributed by atoms with van der Waals surface area (Å²) in [6.07, 6.45) is 1.14. The minimum Gasteiger partial charge on any atom is -0.352 e. The van der Waals surface area contributed by atoms with Gasteiger partial charge < -0.3 is 10.2 Å². The molecule has 40 heavy (non-hydrogen) atoms. The first-order valence-electron chi connectivity index (χ1n) is 13.8. The zero-order valence-electron chi connectivity index (χ0n) is 24.3. The van der Waals surface area contributed by atoms with Crippen LogP contribution in [0.2, 0.25) is 0 Å². The molecule has 2 unspecified atom stereocenters. The van der Waals surface area contributed by atoms with E-state index in [0.29, 0.717) is 12.1 Å². The predicted octanol–water partition coefficient (Wildman–Crippen LogP) is 5.53. The Kier molecular flexibility index (Phi) is 10.5. The third-order valence-electron chi connectivity index (χ3n) is 7.38. The van der Waals surface area contributed by atoms with Gasteiger partial charge in [0.05, 0.1) is 10.6 Å². The van der Waals surface area contributed by atoms with Crippen LogP contribution in [0.5, 0.6) is 0 Å². The van der Waals surface area contributed by atoms with Crippen molar-refractivity contribution in [1.29, 1.82) is 0 Å². The van der Waals surface area contributed by atoms with E-state index in [4.69, 9.17) is 0 Å². The van der Waals surface area contributed by atoms with Crippen LogP contribution in [-0.4, -0.2) is 43.8 Å². The molecule has 214 valence electrons. The molecule has 0 heterocycles. The summed E-state index contributed by atoms with van der Waals surface area (Å²) in [5, 5.41) is 3.01. The summed E-state index contributed by atoms with van der Waals surface area (Å²) in [6, 6.07) is 20.3. The maximum Gasteiger partial charge on any atom is 0.264 e. The van der Waals surface area contributed by atoms with E-state index < -0.39 is 28.5 Å². The van der Waals surface area contributed by atoms with E-state index in [1.807, 2.05) is 71.9 Å². The van der Waals surface area contributed by atoms with Crippen molar-refractivity contribution in [3.8, 4) is 0 Å². The Morgan fingerprint density at radius 1 is 0.825 bits per heavy atom. The molecule has 0 aliphatic heterocycles. The summed E-state index contributed by atoms with van der Waals surface area (Å²) in [6.45, 7) is 11.3. The molecule has 0 radical (unpaired) electrons. The maximum atomic E-state index is 14.2. The molecule has 7 nitrogen and oxygen atoms in total. The van der Waals surface area contributed by atoms with E-state index in [2.05, 4.69) is 5.32 Å². The van der Waals surface area contributed by atoms with Gasteiger partial charge in [0.15, 0.2) is 0 Å². The van der Waals surface area contributed by atoms with E-state index in [1.165, 1.54) is 17.0 Å². The first-order chi connectivity index (χ1) is 19.0. The highest BCUT2D eigenvalue weighted by Crippen LogP contribution is 2.27. The molecule has 8 heteroatoms. The fourth-order valence-corrected chi connectivity index (χ4v) is 5.89. The number of nitrogens with one attached hydrogen (secondary N) is 1. The molecule has 1 N–H and O–H groups in total. The molecular formula is C32H41N3O4S. The number of aryl methyl sites for hydroxylation is 3. The Bertz CT molecular complexity index is 1420. The van der Waals surface area contributed by atoms with Gasteiger partial charge >= 0.3 is 0 Å². The molecule has 2 atom stereocenters. The lowest BCUT2D eigenvalue weighted by Gasteiger charge is -2.34. The monoisotopic (exact) mass is 563 g/mol. The van der Waals surface area contributed by atoms with Crippen molar-refractivity contribution in [3.05, 3.63) is 95.1 Å². The first kappa shape index (κ1) is 30.9. The zero-order chi connectivity index (χ0) is 29.4. The highest BCUT2D eigenvalue weighted by molar-refractivity contribution is 7.92. The second kappa shape index (κ2) is 13.6. The van der Waals surface area contributed by atoms with Gasteiger partial charge in [0.1, 0.15) is 12.6 Å². The third kappa shape index (κ3) is 7.30. The molecule has 3 aromatic rings. The first-order valence-corrected chi connectivity index (χ1v) is 15.2. The highest BCUT2D eigenvalue weighted by Gasteiger charge is 2.34. The number of sulfonamides is 1. The van der Waals surface area contributed by atoms with Crippen LogP contribution in [0.4, 0.5) is 5.69 Å². The van der Waals surface area contributed by atoms with Crippen LogP contribution in [0.1, 0.15) is 55.9 Å². The van der Waals surface area contributed by atoms with Gasteiger partial charge in [-0.25, -0.2) is 8.42 Å². The smallest absolute Gasteiger partial charge is 0.264 e. The molecule has 0 spiro atoms. The lowest BCUT2D eigenvalue weighted by atomic mass is 10.1. The van der Waals surface area contributed by atoms with E-state index in [9.17, 15) is 18.0 Å². The fourth-order valence-electron chi connectivity index (χ4n) is 4.46. The Balaban J connectivity index is 2.08. The van der Waals surface area contributed by atoms with Crippen molar-refractivity contribution in [3.63, 3.8) is 0 Å². The molecule has 0 saturated carbocycles. The van der Waals surface area contributed by atoms with Gasteiger partial charge in [0.25, 0.3) is 10.0 Å². The summed E-state index contributed by atoms with van der Waals surface area (Å²) in [5.41, 5.74) is 4.21. The Morgan fingerprint density at radius 2 is 1.48 bits per heavy atom. The number of nitrogens with zero attached hydrogens (tertiary/aromatic N) is 2. The van der Waals surface area contributed by atoms with E-state index in [0.717, 1.165) is 33.0 Å². The molecule has 0 bridgehead atoms. The van der Waals surface area contributed by atoms with Gasteiger partial charge in [-0.05, 0) is 87.1 Å². The normalized spacial score (nSPS) is 12.8. The van der Waals surface area contributed by atoms with Crippen LogP contribution in [0.15, 0.2) is 77.7 Å². The fraction of sp³-hybridized carbons (Fsp3) is 0.375. The average Bonchev–Trinajstić information content (AvgIpc) is 2.94. The van der Waals surface area contributed by atoms with Gasteiger partial charge in [-0.1, -0.05) is 62.4 Å². The Hall–Kier alpha value is -3.65. The van der Waals surface area contributed by atoms with Crippen molar-refractivity contribution in [1.82, 2.24) is 10.2 Å². The van der Waals surface area contributed by atoms with E-state index >= 15 is 0 Å². The van der Waals surface area contributed by atoms with Crippen LogP contribution in [0, 0.1) is 20.8 Å². The Morgan fingerprint density at radius 3 is 2.08 bits per heavy atom. The number of carbonyl (C=O) groups is 2. The van der Waals surface area contributed by atoms with E-state index in [1.54, 1.807) is 30.3 Å². The van der Waals surface area contributed by atoms with Gasteiger partial charge in [-0.2, -0.15) is 0 Å². The third-order valence-corrected chi connectivity index (χ3v) is 9.17. The topological polar surface area (TPSA) is 86.8 Å². The summed E-state index contributed by atoms with van der Waals surface area (Å²) in [7, 11) is -4.08. The summed E-state index contributed by atoms with van der Waals surface area (Å²) >= 11 is 0. The molecule has 0 fully saturated rings. The van der Waals surface area contributed by atoms with Gasteiger partial charge in [0, 0.05) is 12.6 Å². The van der Waals surface area contributed by atoms with Crippen LogP contribution in [0.3, 0.4) is 0 Å².